The molecule has 104 valence electrons. The van der Waals surface area contributed by atoms with E-state index >= 15 is 0 Å². The van der Waals surface area contributed by atoms with Crippen LogP contribution in [0.3, 0.4) is 0 Å². The number of hydrogen-bond donors (Lipinski definition) is 2. The van der Waals surface area contributed by atoms with E-state index in [9.17, 15) is 9.59 Å². The summed E-state index contributed by atoms with van der Waals surface area (Å²) >= 11 is 0. The zero-order chi connectivity index (χ0) is 13.7. The van der Waals surface area contributed by atoms with Gasteiger partial charge in [0.05, 0.1) is 12.6 Å². The van der Waals surface area contributed by atoms with E-state index in [2.05, 4.69) is 0 Å². The summed E-state index contributed by atoms with van der Waals surface area (Å²) in [6.07, 6.45) is 1.66. The van der Waals surface area contributed by atoms with E-state index in [1.807, 2.05) is 0 Å². The molecule has 0 aromatic heterocycles. The van der Waals surface area contributed by atoms with E-state index in [1.165, 1.54) is 4.90 Å². The van der Waals surface area contributed by atoms with Crippen molar-refractivity contribution in [3.63, 3.8) is 0 Å². The number of aliphatic hydroxyl groups excluding tert-OH is 1. The number of urea groups is 1. The number of aliphatic hydroxyl groups is 1. The maximum absolute atomic E-state index is 12.1. The minimum atomic E-state index is -0.772. The van der Waals surface area contributed by atoms with Crippen LogP contribution in [0.2, 0.25) is 0 Å². The Hall–Kier alpha value is -1.30. The van der Waals surface area contributed by atoms with E-state index in [1.54, 1.807) is 18.9 Å². The summed E-state index contributed by atoms with van der Waals surface area (Å²) < 4.78 is 0. The van der Waals surface area contributed by atoms with E-state index in [0.717, 1.165) is 12.8 Å². The molecule has 0 aliphatic carbocycles. The number of likely N-dealkylation sites (tertiary alicyclic amines) is 1. The molecule has 1 fully saturated rings. The topological polar surface area (TPSA) is 81.1 Å². The number of carboxylic acid groups (broad SMARTS) is 1. The lowest BCUT2D eigenvalue weighted by molar-refractivity contribution is -0.138. The molecule has 0 radical (unpaired) electrons. The van der Waals surface area contributed by atoms with Crippen LogP contribution in [0.4, 0.5) is 4.79 Å². The first kappa shape index (κ1) is 14.8. The number of carbonyl (C=O) groups is 2. The monoisotopic (exact) mass is 258 g/mol. The van der Waals surface area contributed by atoms with Crippen LogP contribution in [0.1, 0.15) is 26.2 Å². The van der Waals surface area contributed by atoms with Gasteiger partial charge in [-0.1, -0.05) is 0 Å². The van der Waals surface area contributed by atoms with Crippen LogP contribution >= 0.6 is 0 Å². The summed E-state index contributed by atoms with van der Waals surface area (Å²) in [6, 6.07) is -0.292. The third-order valence-corrected chi connectivity index (χ3v) is 3.58. The maximum atomic E-state index is 12.1. The number of piperidine rings is 1. The second-order valence-corrected chi connectivity index (χ2v) is 4.95. The highest BCUT2D eigenvalue weighted by Gasteiger charge is 2.27. The minimum Gasteiger partial charge on any atom is -0.481 e. The normalized spacial score (nSPS) is 18.5. The maximum Gasteiger partial charge on any atom is 0.320 e. The lowest BCUT2D eigenvalue weighted by Gasteiger charge is -2.35. The molecule has 2 amide bonds. The zero-order valence-corrected chi connectivity index (χ0v) is 11.0. The van der Waals surface area contributed by atoms with Crippen molar-refractivity contribution in [1.29, 1.82) is 0 Å². The van der Waals surface area contributed by atoms with E-state index in [-0.39, 0.29) is 31.0 Å². The van der Waals surface area contributed by atoms with Gasteiger partial charge in [0.2, 0.25) is 0 Å². The predicted octanol–water partition coefficient (Wildman–Crippen LogP) is 0.606. The largest absolute Gasteiger partial charge is 0.481 e. The number of aliphatic carboxylic acids is 1. The number of amides is 2. The molecule has 1 atom stereocenters. The van der Waals surface area contributed by atoms with Gasteiger partial charge in [0.15, 0.2) is 0 Å². The minimum absolute atomic E-state index is 0.0578. The summed E-state index contributed by atoms with van der Waals surface area (Å²) in [6.45, 7) is 2.92. The molecular formula is C12H22N2O4. The van der Waals surface area contributed by atoms with Crippen molar-refractivity contribution in [2.75, 3.05) is 26.7 Å². The number of rotatable bonds is 4. The number of hydrogen-bond acceptors (Lipinski definition) is 3. The lowest BCUT2D eigenvalue weighted by atomic mass is 9.94. The second-order valence-electron chi connectivity index (χ2n) is 4.95. The van der Waals surface area contributed by atoms with Crippen molar-refractivity contribution in [3.05, 3.63) is 0 Å². The first-order chi connectivity index (χ1) is 8.45. The van der Waals surface area contributed by atoms with E-state index in [4.69, 9.17) is 10.2 Å². The highest BCUT2D eigenvalue weighted by molar-refractivity contribution is 5.74. The number of likely N-dealkylation sites (N-methyl/N-ethyl adjacent to an activating group) is 1. The van der Waals surface area contributed by atoms with Crippen molar-refractivity contribution < 1.29 is 19.8 Å². The Kier molecular flexibility index (Phi) is 5.40. The van der Waals surface area contributed by atoms with Crippen LogP contribution in [0.25, 0.3) is 0 Å². The Morgan fingerprint density at radius 1 is 1.39 bits per heavy atom. The number of carbonyl (C=O) groups excluding carboxylic acids is 1. The number of nitrogens with zero attached hydrogens (tertiary/aromatic N) is 2. The lowest BCUT2D eigenvalue weighted by Crippen LogP contribution is -2.49. The van der Waals surface area contributed by atoms with Crippen LogP contribution < -0.4 is 0 Å². The van der Waals surface area contributed by atoms with Crippen LogP contribution in [-0.2, 0) is 4.79 Å². The average Bonchev–Trinajstić information content (AvgIpc) is 2.36. The van der Waals surface area contributed by atoms with E-state index in [0.29, 0.717) is 13.1 Å². The van der Waals surface area contributed by atoms with Gasteiger partial charge >= 0.3 is 12.0 Å². The second kappa shape index (κ2) is 6.58. The predicted molar refractivity (Wildman–Crippen MR) is 66.3 cm³/mol. The Balaban J connectivity index is 2.42. The smallest absolute Gasteiger partial charge is 0.320 e. The molecule has 18 heavy (non-hydrogen) atoms. The van der Waals surface area contributed by atoms with Crippen molar-refractivity contribution >= 4 is 12.0 Å². The Labute approximate surface area is 107 Å². The van der Waals surface area contributed by atoms with Crippen LogP contribution in [0.15, 0.2) is 0 Å². The molecule has 1 rings (SSSR count). The molecule has 0 saturated carbocycles. The molecule has 1 heterocycles. The molecule has 6 heteroatoms. The van der Waals surface area contributed by atoms with Crippen LogP contribution in [-0.4, -0.2) is 64.8 Å². The summed E-state index contributed by atoms with van der Waals surface area (Å²) in [5, 5.41) is 17.7. The highest BCUT2D eigenvalue weighted by Crippen LogP contribution is 2.21. The van der Waals surface area contributed by atoms with Crippen LogP contribution in [0, 0.1) is 5.92 Å². The fourth-order valence-electron chi connectivity index (χ4n) is 2.11. The molecule has 1 unspecified atom stereocenters. The first-order valence-corrected chi connectivity index (χ1v) is 6.30. The van der Waals surface area contributed by atoms with Gasteiger partial charge in [-0.2, -0.15) is 0 Å². The molecule has 0 aromatic rings. The van der Waals surface area contributed by atoms with Crippen molar-refractivity contribution in [1.82, 2.24) is 9.80 Å². The quantitative estimate of drug-likeness (QED) is 0.774. The summed E-state index contributed by atoms with van der Waals surface area (Å²) in [7, 11) is 1.67. The molecule has 0 aromatic carbocycles. The summed E-state index contributed by atoms with van der Waals surface area (Å²) in [5.41, 5.74) is 0. The van der Waals surface area contributed by atoms with Crippen molar-refractivity contribution in [2.45, 2.75) is 32.2 Å². The van der Waals surface area contributed by atoms with Crippen molar-refractivity contribution in [2.24, 2.45) is 5.92 Å². The van der Waals surface area contributed by atoms with Crippen LogP contribution in [0.5, 0.6) is 0 Å². The molecule has 1 saturated heterocycles. The molecular weight excluding hydrogens is 236 g/mol. The standard InChI is InChI=1S/C12H22N2O4/c1-9(8-15)13(2)12(18)14-5-3-10(4-6-14)7-11(16)17/h9-10,15H,3-8H2,1-2H3,(H,16,17). The molecule has 6 nitrogen and oxygen atoms in total. The van der Waals surface area contributed by atoms with Gasteiger partial charge in [0.25, 0.3) is 0 Å². The molecule has 1 aliphatic heterocycles. The first-order valence-electron chi connectivity index (χ1n) is 6.30. The summed E-state index contributed by atoms with van der Waals surface area (Å²) in [5.74, 6) is -0.599. The average molecular weight is 258 g/mol. The fraction of sp³-hybridized carbons (Fsp3) is 0.833. The number of carboxylic acids is 1. The Morgan fingerprint density at radius 3 is 2.39 bits per heavy atom. The zero-order valence-electron chi connectivity index (χ0n) is 11.0. The van der Waals surface area contributed by atoms with Gasteiger partial charge in [0.1, 0.15) is 0 Å². The van der Waals surface area contributed by atoms with Gasteiger partial charge in [0, 0.05) is 26.6 Å². The Morgan fingerprint density at radius 2 is 1.94 bits per heavy atom. The van der Waals surface area contributed by atoms with Crippen molar-refractivity contribution in [3.8, 4) is 0 Å². The van der Waals surface area contributed by atoms with Gasteiger partial charge < -0.3 is 20.0 Å². The van der Waals surface area contributed by atoms with Gasteiger partial charge in [-0.3, -0.25) is 4.79 Å². The van der Waals surface area contributed by atoms with Gasteiger partial charge in [-0.15, -0.1) is 0 Å². The van der Waals surface area contributed by atoms with Gasteiger partial charge in [-0.25, -0.2) is 4.79 Å². The Bertz CT molecular complexity index is 300. The molecule has 0 spiro atoms. The SMILES string of the molecule is CC(CO)N(C)C(=O)N1CCC(CC(=O)O)CC1. The highest BCUT2D eigenvalue weighted by atomic mass is 16.4. The summed E-state index contributed by atoms with van der Waals surface area (Å²) in [4.78, 5) is 25.9. The molecule has 2 N–H and O–H groups in total. The molecule has 1 aliphatic rings. The fourth-order valence-corrected chi connectivity index (χ4v) is 2.11. The third kappa shape index (κ3) is 3.87. The van der Waals surface area contributed by atoms with E-state index < -0.39 is 5.97 Å². The molecule has 0 bridgehead atoms. The van der Waals surface area contributed by atoms with Gasteiger partial charge in [-0.05, 0) is 25.7 Å². The third-order valence-electron chi connectivity index (χ3n) is 3.58.